The fourth-order valence-electron chi connectivity index (χ4n) is 2.30. The Balaban J connectivity index is 2.44. The standard InChI is InChI=1S/C18H23FN4O3/c1-7-17(24)22(10-12-11-23(21-20-12)18(2,3)4)14-9-16(26-6)15(25-5)8-13(14)19/h7-9,11H,1,10H2,2-6H3. The molecule has 26 heavy (non-hydrogen) atoms. The molecular weight excluding hydrogens is 339 g/mol. The van der Waals surface area contributed by atoms with Crippen molar-refractivity contribution in [3.8, 4) is 11.5 Å². The molecule has 1 heterocycles. The van der Waals surface area contributed by atoms with Crippen LogP contribution in [0, 0.1) is 5.82 Å². The van der Waals surface area contributed by atoms with Crippen molar-refractivity contribution in [3.63, 3.8) is 0 Å². The van der Waals surface area contributed by atoms with Crippen molar-refractivity contribution in [3.05, 3.63) is 42.5 Å². The normalized spacial score (nSPS) is 11.2. The molecule has 0 aliphatic rings. The molecule has 0 bridgehead atoms. The van der Waals surface area contributed by atoms with Crippen LogP contribution in [0.1, 0.15) is 26.5 Å². The van der Waals surface area contributed by atoms with Crippen LogP contribution in [-0.4, -0.2) is 35.1 Å². The molecule has 0 saturated heterocycles. The lowest BCUT2D eigenvalue weighted by atomic mass is 10.1. The zero-order chi connectivity index (χ0) is 19.5. The smallest absolute Gasteiger partial charge is 0.250 e. The number of carbonyl (C=O) groups is 1. The van der Waals surface area contributed by atoms with Crippen molar-refractivity contribution in [2.45, 2.75) is 32.9 Å². The highest BCUT2D eigenvalue weighted by atomic mass is 19.1. The summed E-state index contributed by atoms with van der Waals surface area (Å²) in [5.74, 6) is -0.551. The van der Waals surface area contributed by atoms with E-state index in [1.54, 1.807) is 10.9 Å². The minimum atomic E-state index is -0.624. The molecule has 7 nitrogen and oxygen atoms in total. The molecule has 2 rings (SSSR count). The predicted octanol–water partition coefficient (Wildman–Crippen LogP) is 2.91. The second kappa shape index (κ2) is 7.55. The van der Waals surface area contributed by atoms with E-state index in [1.165, 1.54) is 31.3 Å². The number of carbonyl (C=O) groups excluding carboxylic acids is 1. The summed E-state index contributed by atoms with van der Waals surface area (Å²) in [5.41, 5.74) is 0.301. The summed E-state index contributed by atoms with van der Waals surface area (Å²) in [5, 5.41) is 8.14. The Morgan fingerprint density at radius 3 is 2.42 bits per heavy atom. The number of methoxy groups -OCH3 is 2. The van der Waals surface area contributed by atoms with Crippen LogP contribution in [0.25, 0.3) is 0 Å². The number of benzene rings is 1. The number of nitrogens with zero attached hydrogens (tertiary/aromatic N) is 4. The van der Waals surface area contributed by atoms with Gasteiger partial charge in [0, 0.05) is 12.1 Å². The fraction of sp³-hybridized carbons (Fsp3) is 0.389. The molecule has 0 aliphatic carbocycles. The first-order chi connectivity index (χ1) is 12.2. The van der Waals surface area contributed by atoms with E-state index in [9.17, 15) is 9.18 Å². The molecule has 0 N–H and O–H groups in total. The molecule has 1 amide bonds. The SMILES string of the molecule is C=CC(=O)N(Cc1cn(C(C)(C)C)nn1)c1cc(OC)c(OC)cc1F. The first-order valence-electron chi connectivity index (χ1n) is 7.98. The highest BCUT2D eigenvalue weighted by molar-refractivity contribution is 6.01. The van der Waals surface area contributed by atoms with Gasteiger partial charge in [-0.25, -0.2) is 9.07 Å². The number of anilines is 1. The number of rotatable bonds is 6. The van der Waals surface area contributed by atoms with E-state index in [0.29, 0.717) is 11.4 Å². The van der Waals surface area contributed by atoms with Crippen LogP contribution in [-0.2, 0) is 16.9 Å². The second-order valence-corrected chi connectivity index (χ2v) is 6.61. The summed E-state index contributed by atoms with van der Waals surface area (Å²) in [6, 6.07) is 2.58. The summed E-state index contributed by atoms with van der Waals surface area (Å²) in [6.45, 7) is 9.46. The summed E-state index contributed by atoms with van der Waals surface area (Å²) < 4.78 is 26.6. The zero-order valence-electron chi connectivity index (χ0n) is 15.6. The van der Waals surface area contributed by atoms with E-state index >= 15 is 0 Å². The average molecular weight is 362 g/mol. The van der Waals surface area contributed by atoms with Crippen LogP contribution < -0.4 is 14.4 Å². The Hall–Kier alpha value is -2.90. The Morgan fingerprint density at radius 1 is 1.31 bits per heavy atom. The van der Waals surface area contributed by atoms with E-state index < -0.39 is 11.7 Å². The number of aromatic nitrogens is 3. The van der Waals surface area contributed by atoms with Gasteiger partial charge in [-0.2, -0.15) is 0 Å². The van der Waals surface area contributed by atoms with Gasteiger partial charge in [-0.1, -0.05) is 11.8 Å². The Kier molecular flexibility index (Phi) is 5.64. The van der Waals surface area contributed by atoms with Gasteiger partial charge in [-0.15, -0.1) is 5.10 Å². The van der Waals surface area contributed by atoms with Gasteiger partial charge in [0.1, 0.15) is 5.69 Å². The minimum Gasteiger partial charge on any atom is -0.493 e. The van der Waals surface area contributed by atoms with Gasteiger partial charge in [-0.05, 0) is 26.8 Å². The molecule has 0 aliphatic heterocycles. The van der Waals surface area contributed by atoms with Crippen molar-refractivity contribution < 1.29 is 18.7 Å². The maximum atomic E-state index is 14.6. The molecule has 0 fully saturated rings. The molecule has 140 valence electrons. The van der Waals surface area contributed by atoms with Gasteiger partial charge in [0.05, 0.1) is 38.2 Å². The van der Waals surface area contributed by atoms with Gasteiger partial charge in [0.25, 0.3) is 5.91 Å². The van der Waals surface area contributed by atoms with Crippen molar-refractivity contribution >= 4 is 11.6 Å². The van der Waals surface area contributed by atoms with Gasteiger partial charge in [-0.3, -0.25) is 9.69 Å². The Morgan fingerprint density at radius 2 is 1.92 bits per heavy atom. The largest absolute Gasteiger partial charge is 0.493 e. The summed E-state index contributed by atoms with van der Waals surface area (Å²) in [4.78, 5) is 13.6. The predicted molar refractivity (Wildman–Crippen MR) is 95.9 cm³/mol. The topological polar surface area (TPSA) is 69.5 Å². The van der Waals surface area contributed by atoms with Crippen molar-refractivity contribution in [1.29, 1.82) is 0 Å². The Labute approximate surface area is 152 Å². The average Bonchev–Trinajstić information content (AvgIpc) is 3.08. The monoisotopic (exact) mass is 362 g/mol. The molecule has 0 atom stereocenters. The van der Waals surface area contributed by atoms with Crippen molar-refractivity contribution in [1.82, 2.24) is 15.0 Å². The third-order valence-electron chi connectivity index (χ3n) is 3.73. The summed E-state index contributed by atoms with van der Waals surface area (Å²) >= 11 is 0. The lowest BCUT2D eigenvalue weighted by molar-refractivity contribution is -0.114. The van der Waals surface area contributed by atoms with Crippen LogP contribution in [0.5, 0.6) is 11.5 Å². The molecule has 0 radical (unpaired) electrons. The Bertz CT molecular complexity index is 811. The molecule has 0 unspecified atom stereocenters. The molecule has 2 aromatic rings. The zero-order valence-corrected chi connectivity index (χ0v) is 15.6. The summed E-state index contributed by atoms with van der Waals surface area (Å²) in [7, 11) is 2.85. The number of ether oxygens (including phenoxy) is 2. The van der Waals surface area contributed by atoms with Gasteiger partial charge in [0.2, 0.25) is 0 Å². The van der Waals surface area contributed by atoms with Crippen LogP contribution >= 0.6 is 0 Å². The van der Waals surface area contributed by atoms with Gasteiger partial charge in [0.15, 0.2) is 17.3 Å². The van der Waals surface area contributed by atoms with E-state index in [2.05, 4.69) is 16.9 Å². The van der Waals surface area contributed by atoms with E-state index in [1.807, 2.05) is 20.8 Å². The van der Waals surface area contributed by atoms with Gasteiger partial charge < -0.3 is 9.47 Å². The molecular formula is C18H23FN4O3. The highest BCUT2D eigenvalue weighted by Crippen LogP contribution is 2.35. The number of halogens is 1. The fourth-order valence-corrected chi connectivity index (χ4v) is 2.30. The van der Waals surface area contributed by atoms with Gasteiger partial charge >= 0.3 is 0 Å². The molecule has 1 aromatic carbocycles. The third kappa shape index (κ3) is 4.01. The molecule has 1 aromatic heterocycles. The van der Waals surface area contributed by atoms with Crippen LogP contribution in [0.2, 0.25) is 0 Å². The quantitative estimate of drug-likeness (QED) is 0.739. The first kappa shape index (κ1) is 19.4. The lowest BCUT2D eigenvalue weighted by Gasteiger charge is -2.22. The highest BCUT2D eigenvalue weighted by Gasteiger charge is 2.23. The molecule has 0 saturated carbocycles. The molecule has 0 spiro atoms. The number of hydrogen-bond acceptors (Lipinski definition) is 5. The lowest BCUT2D eigenvalue weighted by Crippen LogP contribution is -2.29. The number of amides is 1. The third-order valence-corrected chi connectivity index (χ3v) is 3.73. The van der Waals surface area contributed by atoms with Crippen molar-refractivity contribution in [2.24, 2.45) is 0 Å². The van der Waals surface area contributed by atoms with Crippen LogP contribution in [0.15, 0.2) is 31.0 Å². The van der Waals surface area contributed by atoms with E-state index in [-0.39, 0.29) is 23.5 Å². The molecule has 8 heteroatoms. The van der Waals surface area contributed by atoms with Crippen molar-refractivity contribution in [2.75, 3.05) is 19.1 Å². The maximum absolute atomic E-state index is 14.6. The second-order valence-electron chi connectivity index (χ2n) is 6.61. The van der Waals surface area contributed by atoms with Crippen LogP contribution in [0.4, 0.5) is 10.1 Å². The minimum absolute atomic E-state index is 0.0351. The summed E-state index contributed by atoms with van der Waals surface area (Å²) in [6.07, 6.45) is 2.84. The first-order valence-corrected chi connectivity index (χ1v) is 7.98. The number of hydrogen-bond donors (Lipinski definition) is 0. The van der Waals surface area contributed by atoms with E-state index in [0.717, 1.165) is 6.08 Å². The maximum Gasteiger partial charge on any atom is 0.250 e. The van der Waals surface area contributed by atoms with Crippen LogP contribution in [0.3, 0.4) is 0 Å². The van der Waals surface area contributed by atoms with E-state index in [4.69, 9.17) is 9.47 Å².